The minimum Gasteiger partial charge on any atom is -0.398 e. The summed E-state index contributed by atoms with van der Waals surface area (Å²) in [5, 5.41) is 4.29. The maximum atomic E-state index is 13.1. The molecule has 3 heterocycles. The first-order valence-corrected chi connectivity index (χ1v) is 8.94. The predicted octanol–water partition coefficient (Wildman–Crippen LogP) is 3.36. The average Bonchev–Trinajstić information content (AvgIpc) is 3.21. The van der Waals surface area contributed by atoms with Gasteiger partial charge in [0.1, 0.15) is 12.0 Å². The Kier molecular flexibility index (Phi) is 3.55. The number of aromatic nitrogens is 4. The number of anilines is 2. The summed E-state index contributed by atoms with van der Waals surface area (Å²) in [5.74, 6) is -0.524. The van der Waals surface area contributed by atoms with Crippen LogP contribution in [0.5, 0.6) is 0 Å². The molecule has 1 amide bonds. The summed E-state index contributed by atoms with van der Waals surface area (Å²) < 4.78 is 13.1. The normalized spacial score (nSPS) is 18.5. The number of hydrogen-bond acceptors (Lipinski definition) is 5. The number of carbonyl (C=O) groups is 1. The molecule has 4 N–H and O–H groups in total. The highest BCUT2D eigenvalue weighted by Crippen LogP contribution is 2.36. The Hall–Kier alpha value is -3.55. The third-order valence-corrected chi connectivity index (χ3v) is 5.19. The average molecular weight is 376 g/mol. The topological polar surface area (TPSA) is 110 Å². The van der Waals surface area contributed by atoms with E-state index >= 15 is 0 Å². The van der Waals surface area contributed by atoms with Gasteiger partial charge in [-0.2, -0.15) is 0 Å². The molecule has 4 aromatic rings. The van der Waals surface area contributed by atoms with Crippen molar-refractivity contribution in [2.24, 2.45) is 5.92 Å². The fourth-order valence-electron chi connectivity index (χ4n) is 3.47. The van der Waals surface area contributed by atoms with Crippen LogP contribution in [0.2, 0.25) is 0 Å². The van der Waals surface area contributed by atoms with E-state index in [1.54, 1.807) is 24.8 Å². The van der Waals surface area contributed by atoms with E-state index in [-0.39, 0.29) is 12.3 Å². The van der Waals surface area contributed by atoms with Crippen LogP contribution in [0, 0.1) is 12.8 Å². The summed E-state index contributed by atoms with van der Waals surface area (Å²) in [6.45, 7) is 2.00. The molecule has 0 spiro atoms. The van der Waals surface area contributed by atoms with Gasteiger partial charge in [-0.15, -0.1) is 0 Å². The Morgan fingerprint density at radius 2 is 2.07 bits per heavy atom. The minimum atomic E-state index is -1.05. The Balaban J connectivity index is 1.57. The summed E-state index contributed by atoms with van der Waals surface area (Å²) in [5.41, 5.74) is 11.2. The van der Waals surface area contributed by atoms with E-state index in [0.29, 0.717) is 17.2 Å². The van der Waals surface area contributed by atoms with Gasteiger partial charge in [-0.25, -0.2) is 19.3 Å². The lowest BCUT2D eigenvalue weighted by atomic mass is 9.98. The van der Waals surface area contributed by atoms with Gasteiger partial charge in [0.05, 0.1) is 17.8 Å². The molecule has 0 bridgehead atoms. The van der Waals surface area contributed by atoms with Crippen molar-refractivity contribution in [2.75, 3.05) is 11.1 Å². The summed E-state index contributed by atoms with van der Waals surface area (Å²) in [7, 11) is 0. The van der Waals surface area contributed by atoms with Gasteiger partial charge >= 0.3 is 0 Å². The number of pyridine rings is 2. The van der Waals surface area contributed by atoms with Gasteiger partial charge in [0, 0.05) is 29.0 Å². The fourth-order valence-corrected chi connectivity index (χ4v) is 3.47. The lowest BCUT2D eigenvalue weighted by Crippen LogP contribution is -2.15. The number of nitrogens with one attached hydrogen (secondary N) is 2. The number of hydrogen-bond donors (Lipinski definition) is 3. The highest BCUT2D eigenvalue weighted by Gasteiger charge is 2.43. The highest BCUT2D eigenvalue weighted by molar-refractivity contribution is 6.00. The van der Waals surface area contributed by atoms with Gasteiger partial charge < -0.3 is 16.0 Å². The van der Waals surface area contributed by atoms with Crippen LogP contribution in [-0.4, -0.2) is 32.0 Å². The van der Waals surface area contributed by atoms with Gasteiger partial charge in [-0.05, 0) is 48.1 Å². The standard InChI is InChI=1S/C20H17FN6O/c1-9-13(6-24-19-18(9)25-8-26-19)10-2-11-4-17(23-7-14(11)16(22)3-10)27-20(28)12-5-15(12)21/h2-4,6-8,12,15H,5,22H2,1H3,(H,23,27,28)(H,24,25,26)/t12-,15+/m0/s1. The quantitative estimate of drug-likeness (QED) is 0.475. The molecule has 2 atom stereocenters. The number of nitrogens with two attached hydrogens (primary N) is 1. The van der Waals surface area contributed by atoms with Gasteiger partial charge in [0.15, 0.2) is 5.65 Å². The lowest BCUT2D eigenvalue weighted by Gasteiger charge is -2.11. The molecular formula is C20H17FN6O. The van der Waals surface area contributed by atoms with Crippen LogP contribution < -0.4 is 11.1 Å². The monoisotopic (exact) mass is 376 g/mol. The second-order valence-electron chi connectivity index (χ2n) is 7.10. The Bertz CT molecular complexity index is 1250. The van der Waals surface area contributed by atoms with E-state index < -0.39 is 12.1 Å². The van der Waals surface area contributed by atoms with E-state index in [0.717, 1.165) is 33.0 Å². The van der Waals surface area contributed by atoms with Crippen LogP contribution in [0.3, 0.4) is 0 Å². The van der Waals surface area contributed by atoms with Gasteiger partial charge in [-0.1, -0.05) is 0 Å². The van der Waals surface area contributed by atoms with Crippen molar-refractivity contribution in [3.8, 4) is 11.1 Å². The third kappa shape index (κ3) is 2.65. The Labute approximate surface area is 159 Å². The lowest BCUT2D eigenvalue weighted by molar-refractivity contribution is -0.117. The van der Waals surface area contributed by atoms with Crippen LogP contribution in [0.15, 0.2) is 36.9 Å². The predicted molar refractivity (Wildman–Crippen MR) is 105 cm³/mol. The first-order valence-electron chi connectivity index (χ1n) is 8.94. The number of nitrogens with zero attached hydrogens (tertiary/aromatic N) is 3. The molecule has 1 fully saturated rings. The number of alkyl halides is 1. The number of imidazole rings is 1. The minimum absolute atomic E-state index is 0.277. The van der Waals surface area contributed by atoms with Gasteiger partial charge in [-0.3, -0.25) is 4.79 Å². The molecule has 7 nitrogen and oxygen atoms in total. The number of aryl methyl sites for hydroxylation is 1. The molecular weight excluding hydrogens is 359 g/mol. The van der Waals surface area contributed by atoms with Crippen molar-refractivity contribution in [1.29, 1.82) is 0 Å². The third-order valence-electron chi connectivity index (χ3n) is 5.19. The first kappa shape index (κ1) is 16.6. The van der Waals surface area contributed by atoms with Gasteiger partial charge in [0.25, 0.3) is 0 Å². The van der Waals surface area contributed by atoms with Crippen molar-refractivity contribution in [3.63, 3.8) is 0 Å². The molecule has 0 aliphatic heterocycles. The number of H-pyrrole nitrogens is 1. The number of amides is 1. The molecule has 1 aliphatic rings. The van der Waals surface area contributed by atoms with Crippen molar-refractivity contribution in [3.05, 3.63) is 42.5 Å². The van der Waals surface area contributed by atoms with Crippen LogP contribution >= 0.6 is 0 Å². The Morgan fingerprint density at radius 3 is 2.86 bits per heavy atom. The van der Waals surface area contributed by atoms with E-state index in [4.69, 9.17) is 5.73 Å². The highest BCUT2D eigenvalue weighted by atomic mass is 19.1. The molecule has 1 aliphatic carbocycles. The zero-order chi connectivity index (χ0) is 19.4. The van der Waals surface area contributed by atoms with E-state index in [2.05, 4.69) is 25.3 Å². The molecule has 0 radical (unpaired) electrons. The smallest absolute Gasteiger partial charge is 0.231 e. The molecule has 28 heavy (non-hydrogen) atoms. The first-order chi connectivity index (χ1) is 13.5. The Morgan fingerprint density at radius 1 is 1.25 bits per heavy atom. The molecule has 5 rings (SSSR count). The van der Waals surface area contributed by atoms with Crippen molar-refractivity contribution >= 4 is 39.3 Å². The molecule has 1 saturated carbocycles. The van der Waals surface area contributed by atoms with E-state index in [9.17, 15) is 9.18 Å². The molecule has 0 saturated heterocycles. The zero-order valence-corrected chi connectivity index (χ0v) is 15.0. The van der Waals surface area contributed by atoms with E-state index in [1.165, 1.54) is 0 Å². The van der Waals surface area contributed by atoms with Crippen LogP contribution in [-0.2, 0) is 4.79 Å². The van der Waals surface area contributed by atoms with Crippen molar-refractivity contribution < 1.29 is 9.18 Å². The fraction of sp³-hybridized carbons (Fsp3) is 0.200. The van der Waals surface area contributed by atoms with Crippen molar-refractivity contribution in [2.45, 2.75) is 19.5 Å². The second kappa shape index (κ2) is 5.98. The number of carbonyl (C=O) groups excluding carboxylic acids is 1. The molecule has 1 aromatic carbocycles. The molecule has 3 aromatic heterocycles. The SMILES string of the molecule is Cc1c(-c2cc(N)c3cnc(NC(=O)[C@H]4C[C@H]4F)cc3c2)cnc2nc[nH]c12. The summed E-state index contributed by atoms with van der Waals surface area (Å²) in [4.78, 5) is 27.9. The van der Waals surface area contributed by atoms with Crippen LogP contribution in [0.4, 0.5) is 15.9 Å². The molecule has 140 valence electrons. The number of fused-ring (bicyclic) bond motifs is 2. The number of halogens is 1. The number of rotatable bonds is 3. The van der Waals surface area contributed by atoms with Crippen LogP contribution in [0.1, 0.15) is 12.0 Å². The number of nitrogen functional groups attached to an aromatic ring is 1. The maximum Gasteiger partial charge on any atom is 0.231 e. The van der Waals surface area contributed by atoms with Gasteiger partial charge in [0.2, 0.25) is 5.91 Å². The zero-order valence-electron chi connectivity index (χ0n) is 15.0. The summed E-state index contributed by atoms with van der Waals surface area (Å²) >= 11 is 0. The van der Waals surface area contributed by atoms with Crippen LogP contribution in [0.25, 0.3) is 33.1 Å². The molecule has 8 heteroatoms. The largest absolute Gasteiger partial charge is 0.398 e. The number of aromatic amines is 1. The number of benzene rings is 1. The maximum absolute atomic E-state index is 13.1. The second-order valence-corrected chi connectivity index (χ2v) is 7.10. The molecule has 0 unspecified atom stereocenters. The van der Waals surface area contributed by atoms with Crippen molar-refractivity contribution in [1.82, 2.24) is 19.9 Å². The summed E-state index contributed by atoms with van der Waals surface area (Å²) in [6.07, 6.45) is 4.24. The van der Waals surface area contributed by atoms with E-state index in [1.807, 2.05) is 19.1 Å². The summed E-state index contributed by atoms with van der Waals surface area (Å²) in [6, 6.07) is 5.61.